The molecule has 1 N–H and O–H groups in total. The molecule has 3 aromatic rings. The van der Waals surface area contributed by atoms with Gasteiger partial charge in [0.25, 0.3) is 5.91 Å². The topological polar surface area (TPSA) is 99.9 Å². The zero-order valence-corrected chi connectivity index (χ0v) is 16.0. The molecule has 0 aliphatic carbocycles. The first-order chi connectivity index (χ1) is 14.0. The van der Waals surface area contributed by atoms with Gasteiger partial charge in [0.1, 0.15) is 17.3 Å². The molecule has 0 bridgehead atoms. The number of benzene rings is 2. The lowest BCUT2D eigenvalue weighted by atomic mass is 10.1. The summed E-state index contributed by atoms with van der Waals surface area (Å²) in [5, 5.41) is 6.30. The third kappa shape index (κ3) is 5.58. The number of aryl methyl sites for hydroxylation is 1. The molecule has 0 saturated heterocycles. The van der Waals surface area contributed by atoms with E-state index < -0.39 is 18.0 Å². The van der Waals surface area contributed by atoms with Gasteiger partial charge in [0, 0.05) is 11.6 Å². The Hall–Kier alpha value is -3.81. The molecule has 3 rings (SSSR count). The summed E-state index contributed by atoms with van der Waals surface area (Å²) in [7, 11) is 1.56. The smallest absolute Gasteiger partial charge is 0.345 e. The van der Waals surface area contributed by atoms with Crippen molar-refractivity contribution in [3.05, 3.63) is 72.0 Å². The number of hydrogen-bond donors (Lipinski definition) is 1. The molecule has 8 nitrogen and oxygen atoms in total. The van der Waals surface area contributed by atoms with Gasteiger partial charge >= 0.3 is 5.97 Å². The molecule has 29 heavy (non-hydrogen) atoms. The molecule has 0 aliphatic rings. The van der Waals surface area contributed by atoms with Gasteiger partial charge < -0.3 is 24.1 Å². The largest absolute Gasteiger partial charge is 0.497 e. The van der Waals surface area contributed by atoms with E-state index >= 15 is 0 Å². The summed E-state index contributed by atoms with van der Waals surface area (Å²) in [5.74, 6) is 0.675. The predicted octanol–water partition coefficient (Wildman–Crippen LogP) is 3.29. The number of hydrogen-bond acceptors (Lipinski definition) is 7. The van der Waals surface area contributed by atoms with E-state index in [2.05, 4.69) is 10.5 Å². The van der Waals surface area contributed by atoms with Gasteiger partial charge in [-0.2, -0.15) is 0 Å². The number of ether oxygens (including phenoxy) is 3. The van der Waals surface area contributed by atoms with Gasteiger partial charge in [-0.1, -0.05) is 35.5 Å². The van der Waals surface area contributed by atoms with Crippen LogP contribution in [-0.2, 0) is 14.3 Å². The Morgan fingerprint density at radius 1 is 1.07 bits per heavy atom. The molecule has 1 amide bonds. The van der Waals surface area contributed by atoms with E-state index in [1.54, 1.807) is 74.7 Å². The van der Waals surface area contributed by atoms with Gasteiger partial charge in [-0.05, 0) is 31.2 Å². The monoisotopic (exact) mass is 396 g/mol. The fourth-order valence-corrected chi connectivity index (χ4v) is 2.50. The molecule has 0 radical (unpaired) electrons. The number of anilines is 1. The standard InChI is InChI=1S/C21H20N2O6/c1-14-12-18(23-29-14)22-21(25)20(15-6-4-3-5-7-15)28-19(24)13-27-17-10-8-16(26-2)9-11-17/h3-12,20H,13H2,1-2H3,(H,22,23,25). The van der Waals surface area contributed by atoms with Crippen LogP contribution in [-0.4, -0.2) is 30.7 Å². The first-order valence-corrected chi connectivity index (χ1v) is 8.80. The van der Waals surface area contributed by atoms with Gasteiger partial charge in [-0.15, -0.1) is 0 Å². The van der Waals surface area contributed by atoms with E-state index in [0.29, 0.717) is 22.8 Å². The predicted molar refractivity (Wildman–Crippen MR) is 104 cm³/mol. The maximum Gasteiger partial charge on any atom is 0.345 e. The van der Waals surface area contributed by atoms with Crippen LogP contribution in [0.5, 0.6) is 11.5 Å². The van der Waals surface area contributed by atoms with Crippen LogP contribution in [0.1, 0.15) is 17.4 Å². The third-order valence-corrected chi connectivity index (χ3v) is 3.89. The molecule has 1 atom stereocenters. The number of carbonyl (C=O) groups is 2. The highest BCUT2D eigenvalue weighted by Crippen LogP contribution is 2.21. The van der Waals surface area contributed by atoms with Gasteiger partial charge in [0.05, 0.1) is 7.11 Å². The summed E-state index contributed by atoms with van der Waals surface area (Å²) < 4.78 is 20.8. The average Bonchev–Trinajstić information content (AvgIpc) is 3.15. The molecule has 1 heterocycles. The van der Waals surface area contributed by atoms with E-state index in [4.69, 9.17) is 18.7 Å². The Morgan fingerprint density at radius 2 is 1.76 bits per heavy atom. The van der Waals surface area contributed by atoms with Crippen molar-refractivity contribution in [1.29, 1.82) is 0 Å². The Kier molecular flexibility index (Phi) is 6.47. The SMILES string of the molecule is COc1ccc(OCC(=O)OC(C(=O)Nc2cc(C)on2)c2ccccc2)cc1. The van der Waals surface area contributed by atoms with Crippen LogP contribution in [0.25, 0.3) is 0 Å². The van der Waals surface area contributed by atoms with Crippen LogP contribution in [0.15, 0.2) is 65.2 Å². The van der Waals surface area contributed by atoms with Crippen molar-refractivity contribution < 1.29 is 28.3 Å². The van der Waals surface area contributed by atoms with Crippen molar-refractivity contribution in [2.45, 2.75) is 13.0 Å². The van der Waals surface area contributed by atoms with Crippen LogP contribution in [0.2, 0.25) is 0 Å². The molecule has 1 aromatic heterocycles. The first kappa shape index (κ1) is 19.9. The number of nitrogens with zero attached hydrogens (tertiary/aromatic N) is 1. The van der Waals surface area contributed by atoms with Gasteiger partial charge in [0.15, 0.2) is 12.4 Å². The maximum atomic E-state index is 12.7. The second-order valence-electron chi connectivity index (χ2n) is 6.06. The van der Waals surface area contributed by atoms with Crippen LogP contribution < -0.4 is 14.8 Å². The lowest BCUT2D eigenvalue weighted by Gasteiger charge is -2.17. The zero-order chi connectivity index (χ0) is 20.6. The minimum absolute atomic E-state index is 0.235. The maximum absolute atomic E-state index is 12.7. The van der Waals surface area contributed by atoms with E-state index in [9.17, 15) is 9.59 Å². The first-order valence-electron chi connectivity index (χ1n) is 8.80. The fraction of sp³-hybridized carbons (Fsp3) is 0.190. The van der Waals surface area contributed by atoms with Crippen molar-refractivity contribution >= 4 is 17.7 Å². The number of carbonyl (C=O) groups excluding carboxylic acids is 2. The van der Waals surface area contributed by atoms with Gasteiger partial charge in [-0.25, -0.2) is 4.79 Å². The Balaban J connectivity index is 1.65. The molecular weight excluding hydrogens is 376 g/mol. The van der Waals surface area contributed by atoms with Crippen molar-refractivity contribution in [3.63, 3.8) is 0 Å². The third-order valence-electron chi connectivity index (χ3n) is 3.89. The van der Waals surface area contributed by atoms with Crippen LogP contribution >= 0.6 is 0 Å². The van der Waals surface area contributed by atoms with Crippen LogP contribution in [0, 0.1) is 6.92 Å². The zero-order valence-electron chi connectivity index (χ0n) is 16.0. The van der Waals surface area contributed by atoms with Crippen molar-refractivity contribution in [1.82, 2.24) is 5.16 Å². The van der Waals surface area contributed by atoms with Gasteiger partial charge in [-0.3, -0.25) is 4.79 Å². The summed E-state index contributed by atoms with van der Waals surface area (Å²) >= 11 is 0. The second kappa shape index (κ2) is 9.41. The lowest BCUT2D eigenvalue weighted by molar-refractivity contribution is -0.156. The number of nitrogens with one attached hydrogen (secondary N) is 1. The number of methoxy groups -OCH3 is 1. The van der Waals surface area contributed by atoms with Crippen molar-refractivity contribution in [3.8, 4) is 11.5 Å². The molecule has 8 heteroatoms. The normalized spacial score (nSPS) is 11.4. The molecule has 0 saturated carbocycles. The van der Waals surface area contributed by atoms with Crippen LogP contribution in [0.3, 0.4) is 0 Å². The molecule has 0 spiro atoms. The lowest BCUT2D eigenvalue weighted by Crippen LogP contribution is -2.28. The molecule has 0 fully saturated rings. The Bertz CT molecular complexity index is 953. The van der Waals surface area contributed by atoms with E-state index in [-0.39, 0.29) is 12.4 Å². The molecule has 0 aliphatic heterocycles. The van der Waals surface area contributed by atoms with E-state index in [0.717, 1.165) is 0 Å². The minimum Gasteiger partial charge on any atom is -0.497 e. The van der Waals surface area contributed by atoms with E-state index in [1.807, 2.05) is 0 Å². The summed E-state index contributed by atoms with van der Waals surface area (Å²) in [6, 6.07) is 17.0. The van der Waals surface area contributed by atoms with Crippen molar-refractivity contribution in [2.24, 2.45) is 0 Å². The highest BCUT2D eigenvalue weighted by molar-refractivity contribution is 5.95. The Morgan fingerprint density at radius 3 is 2.38 bits per heavy atom. The van der Waals surface area contributed by atoms with E-state index in [1.165, 1.54) is 0 Å². The summed E-state index contributed by atoms with van der Waals surface area (Å²) in [6.07, 6.45) is -1.17. The number of aromatic nitrogens is 1. The van der Waals surface area contributed by atoms with Crippen LogP contribution in [0.4, 0.5) is 5.82 Å². The second-order valence-corrected chi connectivity index (χ2v) is 6.06. The molecule has 1 unspecified atom stereocenters. The molecular formula is C21H20N2O6. The summed E-state index contributed by atoms with van der Waals surface area (Å²) in [4.78, 5) is 25.0. The quantitative estimate of drug-likeness (QED) is 0.583. The van der Waals surface area contributed by atoms with Crippen molar-refractivity contribution in [2.75, 3.05) is 19.0 Å². The molecule has 150 valence electrons. The number of esters is 1. The minimum atomic E-state index is -1.17. The average molecular weight is 396 g/mol. The molecule has 2 aromatic carbocycles. The summed E-state index contributed by atoms with van der Waals surface area (Å²) in [5.41, 5.74) is 0.517. The number of amides is 1. The Labute approximate surface area is 167 Å². The highest BCUT2D eigenvalue weighted by atomic mass is 16.6. The number of rotatable bonds is 8. The fourth-order valence-electron chi connectivity index (χ4n) is 2.50. The van der Waals surface area contributed by atoms with Gasteiger partial charge in [0.2, 0.25) is 6.10 Å². The highest BCUT2D eigenvalue weighted by Gasteiger charge is 2.26. The summed E-state index contributed by atoms with van der Waals surface area (Å²) in [6.45, 7) is 1.35.